The quantitative estimate of drug-likeness (QED) is 0.478. The first-order valence-electron chi connectivity index (χ1n) is 10.3. The Morgan fingerprint density at radius 1 is 1.09 bits per heavy atom. The summed E-state index contributed by atoms with van der Waals surface area (Å²) in [6.07, 6.45) is -5.28. The Hall–Kier alpha value is -2.48. The van der Waals surface area contributed by atoms with E-state index in [4.69, 9.17) is 0 Å². The van der Waals surface area contributed by atoms with Crippen molar-refractivity contribution in [1.82, 2.24) is 24.4 Å². The van der Waals surface area contributed by atoms with Gasteiger partial charge in [-0.1, -0.05) is 0 Å². The number of carbonyl (C=O) groups excluding carboxylic acids is 1. The average Bonchev–Trinajstić information content (AvgIpc) is 3.14. The number of halogens is 6. The zero-order valence-electron chi connectivity index (χ0n) is 18.5. The molecule has 1 aromatic carbocycles. The molecule has 34 heavy (non-hydrogen) atoms. The molecule has 0 bridgehead atoms. The number of nitrogens with one attached hydrogen (secondary N) is 1. The van der Waals surface area contributed by atoms with Crippen LogP contribution in [-0.2, 0) is 41.5 Å². The van der Waals surface area contributed by atoms with Gasteiger partial charge in [-0.3, -0.25) is 4.79 Å². The lowest BCUT2D eigenvalue weighted by molar-refractivity contribution is -0.148. The van der Waals surface area contributed by atoms with Crippen LogP contribution in [0.15, 0.2) is 12.1 Å². The summed E-state index contributed by atoms with van der Waals surface area (Å²) in [6, 6.07) is 0.128. The standard InChI is InChI=1S/C20H23F6N5O2S/c1-19(2,3)34(33)29-12(6-11-7-14(22)15(23)9-13(11)21)8-17(32)30-4-5-31-16(10-30)27-28-18(31)20(24,25)26/h7,9,12,29H,4-6,8,10H2,1-3H3/t12?,34-/m0/s1. The molecule has 0 aliphatic carbocycles. The second kappa shape index (κ2) is 9.64. The number of rotatable bonds is 6. The minimum atomic E-state index is -4.68. The van der Waals surface area contributed by atoms with E-state index < -0.39 is 57.1 Å². The van der Waals surface area contributed by atoms with Crippen LogP contribution in [0.4, 0.5) is 26.3 Å². The van der Waals surface area contributed by atoms with Gasteiger partial charge in [0.25, 0.3) is 0 Å². The first-order valence-corrected chi connectivity index (χ1v) is 11.4. The van der Waals surface area contributed by atoms with E-state index in [1.807, 2.05) is 0 Å². The Morgan fingerprint density at radius 2 is 1.74 bits per heavy atom. The van der Waals surface area contributed by atoms with Gasteiger partial charge in [0.15, 0.2) is 17.5 Å². The average molecular weight is 511 g/mol. The first-order chi connectivity index (χ1) is 15.7. The van der Waals surface area contributed by atoms with Crippen molar-refractivity contribution in [2.45, 2.75) is 63.7 Å². The van der Waals surface area contributed by atoms with Crippen LogP contribution in [-0.4, -0.2) is 47.1 Å². The van der Waals surface area contributed by atoms with E-state index in [9.17, 15) is 35.3 Å². The minimum absolute atomic E-state index is 0.0404. The number of amides is 1. The molecular formula is C20H23F6N5O2S. The van der Waals surface area contributed by atoms with Gasteiger partial charge in [-0.2, -0.15) is 13.2 Å². The third-order valence-corrected chi connectivity index (χ3v) is 6.83. The Labute approximate surface area is 194 Å². The molecule has 14 heteroatoms. The fraction of sp³-hybridized carbons (Fsp3) is 0.550. The van der Waals surface area contributed by atoms with Crippen LogP contribution in [0, 0.1) is 17.5 Å². The molecule has 0 saturated carbocycles. The smallest absolute Gasteiger partial charge is 0.333 e. The lowest BCUT2D eigenvalue weighted by Gasteiger charge is -2.30. The fourth-order valence-corrected chi connectivity index (χ4v) is 4.21. The lowest BCUT2D eigenvalue weighted by atomic mass is 10.0. The van der Waals surface area contributed by atoms with E-state index in [1.165, 1.54) is 4.90 Å². The van der Waals surface area contributed by atoms with Gasteiger partial charge in [0, 0.05) is 31.6 Å². The molecule has 1 amide bonds. The molecule has 188 valence electrons. The molecule has 1 unspecified atom stereocenters. The molecule has 0 saturated heterocycles. The zero-order chi connectivity index (χ0) is 25.4. The molecule has 0 spiro atoms. The highest BCUT2D eigenvalue weighted by Crippen LogP contribution is 2.29. The van der Waals surface area contributed by atoms with Crippen molar-refractivity contribution in [3.8, 4) is 0 Å². The Balaban J connectivity index is 1.78. The number of fused-ring (bicyclic) bond motifs is 1. The van der Waals surface area contributed by atoms with Crippen LogP contribution in [0.1, 0.15) is 44.4 Å². The maximum absolute atomic E-state index is 14.2. The highest BCUT2D eigenvalue weighted by Gasteiger charge is 2.40. The van der Waals surface area contributed by atoms with Crippen LogP contribution in [0.5, 0.6) is 0 Å². The Morgan fingerprint density at radius 3 is 2.35 bits per heavy atom. The summed E-state index contributed by atoms with van der Waals surface area (Å²) in [5.41, 5.74) is -0.219. The lowest BCUT2D eigenvalue weighted by Crippen LogP contribution is -2.46. The molecule has 0 radical (unpaired) electrons. The summed E-state index contributed by atoms with van der Waals surface area (Å²) < 4.78 is 95.7. The predicted octanol–water partition coefficient (Wildman–Crippen LogP) is 3.11. The van der Waals surface area contributed by atoms with Crippen molar-refractivity contribution >= 4 is 16.9 Å². The largest absolute Gasteiger partial charge is 0.451 e. The molecule has 2 heterocycles. The van der Waals surface area contributed by atoms with Crippen molar-refractivity contribution in [3.63, 3.8) is 0 Å². The number of carbonyl (C=O) groups is 1. The van der Waals surface area contributed by atoms with Gasteiger partial charge in [0.05, 0.1) is 22.3 Å². The van der Waals surface area contributed by atoms with Crippen molar-refractivity contribution in [1.29, 1.82) is 0 Å². The Bertz CT molecular complexity index is 1100. The highest BCUT2D eigenvalue weighted by atomic mass is 32.2. The van der Waals surface area contributed by atoms with Gasteiger partial charge in [0.2, 0.25) is 11.7 Å². The maximum atomic E-state index is 14.2. The van der Waals surface area contributed by atoms with E-state index in [-0.39, 0.29) is 43.9 Å². The summed E-state index contributed by atoms with van der Waals surface area (Å²) in [5, 5.41) is 6.68. The topological polar surface area (TPSA) is 80.1 Å². The predicted molar refractivity (Wildman–Crippen MR) is 110 cm³/mol. The van der Waals surface area contributed by atoms with E-state index in [1.54, 1.807) is 20.8 Å². The number of alkyl halides is 3. The second-order valence-electron chi connectivity index (χ2n) is 8.87. The van der Waals surface area contributed by atoms with E-state index in [2.05, 4.69) is 14.9 Å². The van der Waals surface area contributed by atoms with Crippen LogP contribution < -0.4 is 4.72 Å². The highest BCUT2D eigenvalue weighted by molar-refractivity contribution is 7.84. The van der Waals surface area contributed by atoms with Crippen molar-refractivity contribution in [2.75, 3.05) is 6.54 Å². The van der Waals surface area contributed by atoms with E-state index in [0.717, 1.165) is 4.57 Å². The second-order valence-corrected chi connectivity index (χ2v) is 10.9. The van der Waals surface area contributed by atoms with Gasteiger partial charge in [0.1, 0.15) is 5.82 Å². The molecule has 7 nitrogen and oxygen atoms in total. The number of aromatic nitrogens is 3. The summed E-state index contributed by atoms with van der Waals surface area (Å²) in [5.74, 6) is -5.37. The molecule has 2 aromatic rings. The van der Waals surface area contributed by atoms with Crippen LogP contribution in [0.3, 0.4) is 0 Å². The van der Waals surface area contributed by atoms with Crippen LogP contribution >= 0.6 is 0 Å². The molecule has 0 fully saturated rings. The number of nitrogens with zero attached hydrogens (tertiary/aromatic N) is 4. The van der Waals surface area contributed by atoms with Crippen LogP contribution in [0.2, 0.25) is 0 Å². The Kier molecular flexibility index (Phi) is 7.41. The number of hydrogen-bond acceptors (Lipinski definition) is 4. The monoisotopic (exact) mass is 511 g/mol. The molecule has 2 atom stereocenters. The fourth-order valence-electron chi connectivity index (χ4n) is 3.39. The number of hydrogen-bond donors (Lipinski definition) is 1. The normalized spacial score (nSPS) is 16.3. The SMILES string of the molecule is CC(C)(C)[S@](=O)NC(CC(=O)N1CCn2c(nnc2C(F)(F)F)C1)Cc1cc(F)c(F)cc1F. The third kappa shape index (κ3) is 5.95. The minimum Gasteiger partial charge on any atom is -0.333 e. The molecule has 1 aliphatic heterocycles. The van der Waals surface area contributed by atoms with Crippen LogP contribution in [0.25, 0.3) is 0 Å². The first kappa shape index (κ1) is 26.1. The summed E-state index contributed by atoms with van der Waals surface area (Å²) in [6.45, 7) is 4.55. The van der Waals surface area contributed by atoms with Gasteiger partial charge in [-0.15, -0.1) is 10.2 Å². The molecular weight excluding hydrogens is 488 g/mol. The van der Waals surface area contributed by atoms with Crippen molar-refractivity contribution in [3.05, 3.63) is 46.8 Å². The molecule has 1 aliphatic rings. The van der Waals surface area contributed by atoms with Gasteiger partial charge >= 0.3 is 6.18 Å². The van der Waals surface area contributed by atoms with E-state index >= 15 is 0 Å². The van der Waals surface area contributed by atoms with Gasteiger partial charge < -0.3 is 9.47 Å². The summed E-state index contributed by atoms with van der Waals surface area (Å²) in [7, 11) is -1.68. The zero-order valence-corrected chi connectivity index (χ0v) is 19.4. The van der Waals surface area contributed by atoms with Crippen molar-refractivity contribution < 1.29 is 35.3 Å². The van der Waals surface area contributed by atoms with E-state index in [0.29, 0.717) is 12.1 Å². The molecule has 1 aromatic heterocycles. The van der Waals surface area contributed by atoms with Crippen molar-refractivity contribution in [2.24, 2.45) is 0 Å². The molecule has 3 rings (SSSR count). The van der Waals surface area contributed by atoms with Gasteiger partial charge in [-0.05, 0) is 38.8 Å². The maximum Gasteiger partial charge on any atom is 0.451 e. The van der Waals surface area contributed by atoms with Gasteiger partial charge in [-0.25, -0.2) is 22.1 Å². The summed E-state index contributed by atoms with van der Waals surface area (Å²) in [4.78, 5) is 14.2. The summed E-state index contributed by atoms with van der Waals surface area (Å²) >= 11 is 0. The number of benzene rings is 1. The third-order valence-electron chi connectivity index (χ3n) is 5.17. The molecule has 1 N–H and O–H groups in total.